The number of carbonyl (C=O) groups excluding carboxylic acids is 1. The molecule has 0 spiro atoms. The molecule has 1 N–H and O–H groups in total. The van der Waals surface area contributed by atoms with Crippen LogP contribution in [-0.4, -0.2) is 35.8 Å². The molecular formula is C15H17F3N4O. The number of nitrogens with zero attached hydrogens (tertiary/aromatic N) is 3. The molecule has 2 rings (SSSR count). The summed E-state index contributed by atoms with van der Waals surface area (Å²) in [6, 6.07) is 10.5. The lowest BCUT2D eigenvalue weighted by Gasteiger charge is -2.19. The summed E-state index contributed by atoms with van der Waals surface area (Å²) in [7, 11) is 1.89. The fourth-order valence-corrected chi connectivity index (χ4v) is 1.98. The second kappa shape index (κ2) is 7.17. The SMILES string of the molecule is CN(CCNC(=O)Cn1ccc(C(F)(F)F)n1)c1ccccc1. The highest BCUT2D eigenvalue weighted by Crippen LogP contribution is 2.27. The molecule has 0 unspecified atom stereocenters. The van der Waals surface area contributed by atoms with Gasteiger partial charge in [-0.15, -0.1) is 0 Å². The van der Waals surface area contributed by atoms with Crippen LogP contribution in [0.4, 0.5) is 18.9 Å². The van der Waals surface area contributed by atoms with Gasteiger partial charge in [0.15, 0.2) is 5.69 Å². The molecule has 1 heterocycles. The summed E-state index contributed by atoms with van der Waals surface area (Å²) in [5.41, 5.74) is 0.0118. The van der Waals surface area contributed by atoms with E-state index in [0.717, 1.165) is 22.6 Å². The maximum Gasteiger partial charge on any atom is 0.435 e. The van der Waals surface area contributed by atoms with Crippen molar-refractivity contribution in [2.45, 2.75) is 12.7 Å². The third kappa shape index (κ3) is 5.01. The third-order valence-electron chi connectivity index (χ3n) is 3.20. The molecule has 0 saturated carbocycles. The summed E-state index contributed by atoms with van der Waals surface area (Å²) >= 11 is 0. The number of para-hydroxylation sites is 1. The van der Waals surface area contributed by atoms with Gasteiger partial charge in [-0.25, -0.2) is 0 Å². The van der Waals surface area contributed by atoms with Gasteiger partial charge in [-0.1, -0.05) is 18.2 Å². The van der Waals surface area contributed by atoms with Crippen molar-refractivity contribution in [3.8, 4) is 0 Å². The Bertz CT molecular complexity index is 640. The maximum atomic E-state index is 12.4. The van der Waals surface area contributed by atoms with E-state index in [1.807, 2.05) is 42.3 Å². The zero-order valence-corrected chi connectivity index (χ0v) is 12.5. The van der Waals surface area contributed by atoms with E-state index in [-0.39, 0.29) is 12.5 Å². The number of likely N-dealkylation sites (N-methyl/N-ethyl adjacent to an activating group) is 1. The second-order valence-electron chi connectivity index (χ2n) is 5.00. The van der Waals surface area contributed by atoms with Crippen LogP contribution in [0, 0.1) is 0 Å². The van der Waals surface area contributed by atoms with Crippen molar-refractivity contribution in [2.24, 2.45) is 0 Å². The molecule has 8 heteroatoms. The maximum absolute atomic E-state index is 12.4. The van der Waals surface area contributed by atoms with Gasteiger partial charge >= 0.3 is 6.18 Å². The van der Waals surface area contributed by atoms with E-state index in [9.17, 15) is 18.0 Å². The van der Waals surface area contributed by atoms with Crippen molar-refractivity contribution in [1.82, 2.24) is 15.1 Å². The van der Waals surface area contributed by atoms with Gasteiger partial charge in [0.1, 0.15) is 6.54 Å². The first-order valence-corrected chi connectivity index (χ1v) is 7.00. The van der Waals surface area contributed by atoms with Gasteiger partial charge in [-0.2, -0.15) is 18.3 Å². The first-order valence-electron chi connectivity index (χ1n) is 7.00. The Morgan fingerprint density at radius 2 is 1.96 bits per heavy atom. The van der Waals surface area contributed by atoms with Crippen LogP contribution in [0.3, 0.4) is 0 Å². The van der Waals surface area contributed by atoms with Crippen LogP contribution in [0.25, 0.3) is 0 Å². The number of nitrogens with one attached hydrogen (secondary N) is 1. The van der Waals surface area contributed by atoms with Crippen LogP contribution in [0.5, 0.6) is 0 Å². The smallest absolute Gasteiger partial charge is 0.373 e. The minimum atomic E-state index is -4.50. The van der Waals surface area contributed by atoms with Crippen molar-refractivity contribution in [2.75, 3.05) is 25.0 Å². The summed E-state index contributed by atoms with van der Waals surface area (Å²) in [6.07, 6.45) is -3.36. The number of amides is 1. The summed E-state index contributed by atoms with van der Waals surface area (Å²) in [4.78, 5) is 13.7. The number of aromatic nitrogens is 2. The number of hydrogen-bond acceptors (Lipinski definition) is 3. The second-order valence-corrected chi connectivity index (χ2v) is 5.00. The van der Waals surface area contributed by atoms with Crippen LogP contribution < -0.4 is 10.2 Å². The molecule has 2 aromatic rings. The lowest BCUT2D eigenvalue weighted by atomic mass is 10.3. The minimum Gasteiger partial charge on any atom is -0.373 e. The van der Waals surface area contributed by atoms with Crippen LogP contribution in [0.15, 0.2) is 42.6 Å². The van der Waals surface area contributed by atoms with Crippen molar-refractivity contribution in [1.29, 1.82) is 0 Å². The van der Waals surface area contributed by atoms with Gasteiger partial charge in [0.2, 0.25) is 5.91 Å². The van der Waals surface area contributed by atoms with Crippen LogP contribution in [0.2, 0.25) is 0 Å². The standard InChI is InChI=1S/C15H17F3N4O/c1-21(12-5-3-2-4-6-12)10-8-19-14(23)11-22-9-7-13(20-22)15(16,17)18/h2-7,9H,8,10-11H2,1H3,(H,19,23). The van der Waals surface area contributed by atoms with E-state index in [4.69, 9.17) is 0 Å². The molecule has 0 aliphatic rings. The average molecular weight is 326 g/mol. The normalized spacial score (nSPS) is 11.3. The minimum absolute atomic E-state index is 0.245. The molecular weight excluding hydrogens is 309 g/mol. The Morgan fingerprint density at radius 1 is 1.26 bits per heavy atom. The number of benzene rings is 1. The Morgan fingerprint density at radius 3 is 2.57 bits per heavy atom. The average Bonchev–Trinajstić information content (AvgIpc) is 2.96. The molecule has 0 bridgehead atoms. The highest BCUT2D eigenvalue weighted by atomic mass is 19.4. The van der Waals surface area contributed by atoms with E-state index >= 15 is 0 Å². The van der Waals surface area contributed by atoms with Crippen molar-refractivity contribution >= 4 is 11.6 Å². The predicted octanol–water partition coefficient (Wildman–Crippen LogP) is 2.15. The van der Waals surface area contributed by atoms with Gasteiger partial charge in [0.05, 0.1) is 0 Å². The van der Waals surface area contributed by atoms with E-state index in [2.05, 4.69) is 10.4 Å². The highest BCUT2D eigenvalue weighted by molar-refractivity contribution is 5.75. The molecule has 0 atom stereocenters. The van der Waals surface area contributed by atoms with E-state index in [0.29, 0.717) is 13.1 Å². The molecule has 0 saturated heterocycles. The molecule has 1 amide bonds. The van der Waals surface area contributed by atoms with E-state index < -0.39 is 11.9 Å². The van der Waals surface area contributed by atoms with Gasteiger partial charge in [0.25, 0.3) is 0 Å². The Labute approximate surface area is 131 Å². The Hall–Kier alpha value is -2.51. The van der Waals surface area contributed by atoms with Crippen LogP contribution in [-0.2, 0) is 17.5 Å². The summed E-state index contributed by atoms with van der Waals surface area (Å²) in [5.74, 6) is -0.386. The van der Waals surface area contributed by atoms with Gasteiger partial charge in [0, 0.05) is 32.0 Å². The first-order chi connectivity index (χ1) is 10.9. The number of alkyl halides is 3. The number of carbonyl (C=O) groups is 1. The first kappa shape index (κ1) is 16.9. The van der Waals surface area contributed by atoms with Crippen molar-refractivity contribution in [3.63, 3.8) is 0 Å². The van der Waals surface area contributed by atoms with Crippen LogP contribution in [0.1, 0.15) is 5.69 Å². The predicted molar refractivity (Wildman–Crippen MR) is 80.0 cm³/mol. The highest BCUT2D eigenvalue weighted by Gasteiger charge is 2.33. The zero-order valence-electron chi connectivity index (χ0n) is 12.5. The van der Waals surface area contributed by atoms with Crippen molar-refractivity contribution in [3.05, 3.63) is 48.3 Å². The fraction of sp³-hybridized carbons (Fsp3) is 0.333. The molecule has 124 valence electrons. The topological polar surface area (TPSA) is 50.2 Å². The molecule has 5 nitrogen and oxygen atoms in total. The van der Waals surface area contributed by atoms with Gasteiger partial charge < -0.3 is 10.2 Å². The Balaban J connectivity index is 1.76. The lowest BCUT2D eigenvalue weighted by Crippen LogP contribution is -2.35. The number of anilines is 1. The number of hydrogen-bond donors (Lipinski definition) is 1. The van der Waals surface area contributed by atoms with Crippen LogP contribution >= 0.6 is 0 Å². The quantitative estimate of drug-likeness (QED) is 0.885. The number of rotatable bonds is 6. The third-order valence-corrected chi connectivity index (χ3v) is 3.20. The molecule has 23 heavy (non-hydrogen) atoms. The summed E-state index contributed by atoms with van der Waals surface area (Å²) in [5, 5.41) is 5.99. The molecule has 1 aromatic heterocycles. The van der Waals surface area contributed by atoms with Crippen molar-refractivity contribution < 1.29 is 18.0 Å². The van der Waals surface area contributed by atoms with Gasteiger partial charge in [-0.3, -0.25) is 9.48 Å². The van der Waals surface area contributed by atoms with E-state index in [1.165, 1.54) is 0 Å². The fourth-order valence-electron chi connectivity index (χ4n) is 1.98. The largest absolute Gasteiger partial charge is 0.435 e. The lowest BCUT2D eigenvalue weighted by molar-refractivity contribution is -0.141. The molecule has 0 aliphatic heterocycles. The zero-order chi connectivity index (χ0) is 16.9. The van der Waals surface area contributed by atoms with E-state index in [1.54, 1.807) is 0 Å². The van der Waals surface area contributed by atoms with Gasteiger partial charge in [-0.05, 0) is 18.2 Å². The summed E-state index contributed by atoms with van der Waals surface area (Å²) in [6.45, 7) is 0.728. The number of halogens is 3. The molecule has 0 aliphatic carbocycles. The molecule has 0 fully saturated rings. The molecule has 0 radical (unpaired) electrons. The monoisotopic (exact) mass is 326 g/mol. The molecule has 1 aromatic carbocycles. The summed E-state index contributed by atoms with van der Waals surface area (Å²) < 4.78 is 38.2. The Kier molecular flexibility index (Phi) is 5.25.